The van der Waals surface area contributed by atoms with Crippen molar-refractivity contribution in [1.82, 2.24) is 0 Å². The number of ether oxygens (including phenoxy) is 2. The van der Waals surface area contributed by atoms with Crippen LogP contribution in [-0.2, 0) is 31.4 Å². The Bertz CT molecular complexity index is 1190. The predicted octanol–water partition coefficient (Wildman–Crippen LogP) is 7.24. The van der Waals surface area contributed by atoms with Crippen molar-refractivity contribution >= 4 is 17.7 Å². The largest absolute Gasteiger partial charge is 0.518 e. The van der Waals surface area contributed by atoms with E-state index in [4.69, 9.17) is 9.47 Å². The molecule has 2 aliphatic carbocycles. The second-order valence-electron chi connectivity index (χ2n) is 9.06. The molecule has 0 saturated heterocycles. The fourth-order valence-corrected chi connectivity index (χ4v) is 4.45. The molecular weight excluding hydrogens is 518 g/mol. The van der Waals surface area contributed by atoms with Crippen LogP contribution in [0.3, 0.4) is 0 Å². The van der Waals surface area contributed by atoms with E-state index in [1.54, 1.807) is 0 Å². The maximum absolute atomic E-state index is 12.8. The molecule has 2 aliphatic rings. The van der Waals surface area contributed by atoms with Gasteiger partial charge in [0.15, 0.2) is 11.6 Å². The molecule has 5 nitrogen and oxygen atoms in total. The molecule has 11 heteroatoms. The van der Waals surface area contributed by atoms with Gasteiger partial charge in [-0.15, -0.1) is 0 Å². The topological polar surface area (TPSA) is 69.7 Å². The number of hydrogen-bond acceptors (Lipinski definition) is 5. The SMILES string of the molecule is O=C1C=C(OC(=O)OC2=CC(=O)CC(c3ccc(C(F)(F)F)cc3)C2)CC(c2ccc(C(F)(F)F)cc2)C1. The van der Waals surface area contributed by atoms with Gasteiger partial charge in [-0.05, 0) is 47.2 Å². The Morgan fingerprint density at radius 2 is 0.947 bits per heavy atom. The van der Waals surface area contributed by atoms with Crippen molar-refractivity contribution in [1.29, 1.82) is 0 Å². The lowest BCUT2D eigenvalue weighted by Gasteiger charge is -2.24. The molecule has 0 amide bonds. The highest BCUT2D eigenvalue weighted by Crippen LogP contribution is 2.37. The Morgan fingerprint density at radius 3 is 1.26 bits per heavy atom. The number of benzene rings is 2. The predicted molar refractivity (Wildman–Crippen MR) is 121 cm³/mol. The molecule has 0 aromatic heterocycles. The Labute approximate surface area is 212 Å². The number of halogens is 6. The third-order valence-electron chi connectivity index (χ3n) is 6.28. The maximum atomic E-state index is 12.8. The van der Waals surface area contributed by atoms with Gasteiger partial charge in [-0.1, -0.05) is 24.3 Å². The van der Waals surface area contributed by atoms with Crippen molar-refractivity contribution in [3.05, 3.63) is 94.5 Å². The third kappa shape index (κ3) is 6.70. The average molecular weight is 538 g/mol. The molecule has 0 fully saturated rings. The van der Waals surface area contributed by atoms with Gasteiger partial charge in [-0.25, -0.2) is 4.79 Å². The van der Waals surface area contributed by atoms with Crippen molar-refractivity contribution in [2.24, 2.45) is 0 Å². The second kappa shape index (κ2) is 10.5. The molecule has 0 heterocycles. The van der Waals surface area contributed by atoms with Gasteiger partial charge in [-0.3, -0.25) is 9.59 Å². The summed E-state index contributed by atoms with van der Waals surface area (Å²) in [5.74, 6) is -1.90. The molecule has 2 aromatic carbocycles. The van der Waals surface area contributed by atoms with Crippen LogP contribution >= 0.6 is 0 Å². The van der Waals surface area contributed by atoms with Crippen LogP contribution in [0.25, 0.3) is 0 Å². The highest BCUT2D eigenvalue weighted by Gasteiger charge is 2.33. The van der Waals surface area contributed by atoms with Crippen LogP contribution < -0.4 is 0 Å². The molecule has 200 valence electrons. The summed E-state index contributed by atoms with van der Waals surface area (Å²) in [6, 6.07) is 8.70. The molecule has 2 aromatic rings. The van der Waals surface area contributed by atoms with E-state index in [-0.39, 0.29) is 37.2 Å². The van der Waals surface area contributed by atoms with Gasteiger partial charge in [0, 0.05) is 37.8 Å². The molecular formula is C27H20F6O5. The minimum Gasteiger partial charge on any atom is -0.399 e. The number of alkyl halides is 6. The molecule has 2 atom stereocenters. The van der Waals surface area contributed by atoms with Gasteiger partial charge in [0.2, 0.25) is 0 Å². The summed E-state index contributed by atoms with van der Waals surface area (Å²) >= 11 is 0. The van der Waals surface area contributed by atoms with E-state index >= 15 is 0 Å². The number of hydrogen-bond donors (Lipinski definition) is 0. The van der Waals surface area contributed by atoms with Crippen LogP contribution in [0.4, 0.5) is 31.1 Å². The first-order chi connectivity index (χ1) is 17.8. The lowest BCUT2D eigenvalue weighted by molar-refractivity contribution is -0.138. The highest BCUT2D eigenvalue weighted by molar-refractivity contribution is 5.93. The van der Waals surface area contributed by atoms with Crippen LogP contribution in [0.15, 0.2) is 72.2 Å². The number of carbonyl (C=O) groups is 3. The number of rotatable bonds is 4. The molecule has 0 radical (unpaired) electrons. The Balaban J connectivity index is 1.38. The van der Waals surface area contributed by atoms with Crippen molar-refractivity contribution in [3.8, 4) is 0 Å². The van der Waals surface area contributed by atoms with Crippen LogP contribution in [0.1, 0.15) is 59.8 Å². The van der Waals surface area contributed by atoms with Crippen LogP contribution in [0, 0.1) is 0 Å². The number of allylic oxidation sites excluding steroid dienone is 4. The number of ketones is 2. The zero-order chi connectivity index (χ0) is 27.7. The standard InChI is InChI=1S/C27H20F6O5/c28-26(29,30)19-5-1-15(2-6-19)17-9-21(34)13-23(11-17)37-25(36)38-24-12-18(10-22(35)14-24)16-3-7-20(8-4-16)27(31,32)33/h1-8,13-14,17-18H,9-12H2. The lowest BCUT2D eigenvalue weighted by Crippen LogP contribution is -2.19. The summed E-state index contributed by atoms with van der Waals surface area (Å²) in [6.45, 7) is 0. The molecule has 2 unspecified atom stereocenters. The first-order valence-electron chi connectivity index (χ1n) is 11.5. The van der Waals surface area contributed by atoms with Crippen LogP contribution in [0.2, 0.25) is 0 Å². The summed E-state index contributed by atoms with van der Waals surface area (Å²) in [6.07, 6.45) is -7.87. The summed E-state index contributed by atoms with van der Waals surface area (Å²) in [5.41, 5.74) is -0.726. The first kappa shape index (κ1) is 27.2. The van der Waals surface area contributed by atoms with Crippen molar-refractivity contribution < 1.29 is 50.2 Å². The lowest BCUT2D eigenvalue weighted by atomic mass is 9.86. The number of carbonyl (C=O) groups excluding carboxylic acids is 3. The van der Waals surface area contributed by atoms with Crippen LogP contribution in [-0.4, -0.2) is 17.7 Å². The van der Waals surface area contributed by atoms with E-state index in [1.807, 2.05) is 0 Å². The Morgan fingerprint density at radius 1 is 0.605 bits per heavy atom. The van der Waals surface area contributed by atoms with E-state index in [0.717, 1.165) is 36.4 Å². The Hall–Kier alpha value is -3.89. The first-order valence-corrected chi connectivity index (χ1v) is 11.5. The third-order valence-corrected chi connectivity index (χ3v) is 6.28. The van der Waals surface area contributed by atoms with Gasteiger partial charge in [0.25, 0.3) is 0 Å². The molecule has 38 heavy (non-hydrogen) atoms. The molecule has 0 saturated carbocycles. The Kier molecular flexibility index (Phi) is 7.48. The maximum Gasteiger partial charge on any atom is 0.518 e. The van der Waals surface area contributed by atoms with E-state index < -0.39 is 53.0 Å². The highest BCUT2D eigenvalue weighted by atomic mass is 19.4. The van der Waals surface area contributed by atoms with Gasteiger partial charge in [0.05, 0.1) is 11.1 Å². The minimum atomic E-state index is -4.50. The van der Waals surface area contributed by atoms with Gasteiger partial charge >= 0.3 is 18.5 Å². The van der Waals surface area contributed by atoms with E-state index in [1.165, 1.54) is 24.3 Å². The van der Waals surface area contributed by atoms with Gasteiger partial charge in [-0.2, -0.15) is 26.3 Å². The van der Waals surface area contributed by atoms with Gasteiger partial charge in [0.1, 0.15) is 11.5 Å². The fourth-order valence-electron chi connectivity index (χ4n) is 4.45. The quantitative estimate of drug-likeness (QED) is 0.303. The summed E-state index contributed by atoms with van der Waals surface area (Å²) in [7, 11) is 0. The van der Waals surface area contributed by atoms with Crippen molar-refractivity contribution in [2.45, 2.75) is 49.9 Å². The smallest absolute Gasteiger partial charge is 0.399 e. The van der Waals surface area contributed by atoms with Crippen molar-refractivity contribution in [2.75, 3.05) is 0 Å². The zero-order valence-electron chi connectivity index (χ0n) is 19.6. The monoisotopic (exact) mass is 538 g/mol. The minimum absolute atomic E-state index is 0.0156. The molecule has 0 N–H and O–H groups in total. The van der Waals surface area contributed by atoms with Gasteiger partial charge < -0.3 is 9.47 Å². The van der Waals surface area contributed by atoms with E-state index in [0.29, 0.717) is 11.1 Å². The van der Waals surface area contributed by atoms with Crippen LogP contribution in [0.5, 0.6) is 0 Å². The molecule has 0 bridgehead atoms. The van der Waals surface area contributed by atoms with Crippen molar-refractivity contribution in [3.63, 3.8) is 0 Å². The normalized spacial score (nSPS) is 20.5. The van der Waals surface area contributed by atoms with E-state index in [9.17, 15) is 40.7 Å². The summed E-state index contributed by atoms with van der Waals surface area (Å²) in [5, 5.41) is 0. The summed E-state index contributed by atoms with van der Waals surface area (Å²) in [4.78, 5) is 36.7. The molecule has 0 aliphatic heterocycles. The molecule has 4 rings (SSSR count). The summed E-state index contributed by atoms with van der Waals surface area (Å²) < 4.78 is 87.2. The average Bonchev–Trinajstić information content (AvgIpc) is 2.82. The van der Waals surface area contributed by atoms with E-state index in [2.05, 4.69) is 0 Å². The fraction of sp³-hybridized carbons (Fsp3) is 0.296. The molecule has 0 spiro atoms. The zero-order valence-corrected chi connectivity index (χ0v) is 19.6. The second-order valence-corrected chi connectivity index (χ2v) is 9.06.